The molecule has 0 saturated carbocycles. The molecule has 0 aromatic heterocycles. The van der Waals surface area contributed by atoms with Crippen LogP contribution < -0.4 is 0 Å². The molecule has 0 heterocycles. The van der Waals surface area contributed by atoms with E-state index in [2.05, 4.69) is 32.6 Å². The first-order valence-electron chi connectivity index (χ1n) is 27.8. The largest absolute Gasteiger partial charge is 0.508 e. The molecule has 67 heavy (non-hydrogen) atoms. The van der Waals surface area contributed by atoms with E-state index in [1.54, 1.807) is 0 Å². The van der Waals surface area contributed by atoms with Gasteiger partial charge in [-0.2, -0.15) is 0 Å². The third-order valence-corrected chi connectivity index (χ3v) is 12.5. The molecule has 0 bridgehead atoms. The summed E-state index contributed by atoms with van der Waals surface area (Å²) in [6.07, 6.45) is 32.4. The number of ether oxygens (including phenoxy) is 6. The van der Waals surface area contributed by atoms with E-state index in [4.69, 9.17) is 28.4 Å². The predicted molar refractivity (Wildman–Crippen MR) is 270 cm³/mol. The van der Waals surface area contributed by atoms with Crippen molar-refractivity contribution >= 4 is 30.0 Å². The molecule has 0 radical (unpaired) electrons. The van der Waals surface area contributed by atoms with Gasteiger partial charge < -0.3 is 33.3 Å². The van der Waals surface area contributed by atoms with E-state index in [-0.39, 0.29) is 89.1 Å². The van der Waals surface area contributed by atoms with Crippen molar-refractivity contribution in [1.29, 1.82) is 0 Å². The van der Waals surface area contributed by atoms with E-state index >= 15 is 0 Å². The maximum atomic E-state index is 12.9. The highest BCUT2D eigenvalue weighted by molar-refractivity contribution is 5.73. The topological polar surface area (TPSA) is 144 Å². The van der Waals surface area contributed by atoms with E-state index in [9.17, 15) is 24.0 Å². The molecular weight excluding hydrogens is 851 g/mol. The average Bonchev–Trinajstić information content (AvgIpc) is 3.31. The van der Waals surface area contributed by atoms with Crippen LogP contribution in [0.5, 0.6) is 0 Å². The Balaban J connectivity index is 5.10. The Bertz CT molecular complexity index is 1080. The molecule has 394 valence electrons. The normalized spacial score (nSPS) is 11.4. The number of nitrogens with zero attached hydrogens (tertiary/aromatic N) is 1. The van der Waals surface area contributed by atoms with E-state index in [0.717, 1.165) is 90.1 Å². The van der Waals surface area contributed by atoms with Crippen molar-refractivity contribution in [2.75, 3.05) is 46.6 Å². The Morgan fingerprint density at radius 3 is 1.06 bits per heavy atom. The molecule has 0 aromatic carbocycles. The van der Waals surface area contributed by atoms with Crippen molar-refractivity contribution in [3.8, 4) is 0 Å². The Hall–Kier alpha value is -2.89. The van der Waals surface area contributed by atoms with E-state index in [0.29, 0.717) is 6.42 Å². The summed E-state index contributed by atoms with van der Waals surface area (Å²) in [4.78, 5) is 65.9. The summed E-state index contributed by atoms with van der Waals surface area (Å²) in [5, 5.41) is 0. The van der Waals surface area contributed by atoms with Gasteiger partial charge in [0.1, 0.15) is 32.0 Å². The molecule has 0 aliphatic rings. The molecule has 0 N–H and O–H groups in total. The zero-order valence-electron chi connectivity index (χ0n) is 44.2. The minimum atomic E-state index is -0.851. The lowest BCUT2D eigenvalue weighted by Crippen LogP contribution is -2.27. The van der Waals surface area contributed by atoms with Gasteiger partial charge in [0.2, 0.25) is 0 Å². The maximum absolute atomic E-state index is 12.9. The van der Waals surface area contributed by atoms with Crippen LogP contribution >= 0.6 is 0 Å². The van der Waals surface area contributed by atoms with E-state index in [1.165, 1.54) is 103 Å². The lowest BCUT2D eigenvalue weighted by atomic mass is 10.0. The van der Waals surface area contributed by atoms with Crippen LogP contribution in [0.2, 0.25) is 0 Å². The first-order chi connectivity index (χ1) is 32.6. The lowest BCUT2D eigenvalue weighted by Gasteiger charge is -2.19. The second-order valence-corrected chi connectivity index (χ2v) is 19.0. The Kier molecular flexibility index (Phi) is 46.1. The number of carbonyl (C=O) groups is 5. The summed E-state index contributed by atoms with van der Waals surface area (Å²) < 4.78 is 33.5. The average molecular weight is 954 g/mol. The van der Waals surface area contributed by atoms with Crippen molar-refractivity contribution in [3.63, 3.8) is 0 Å². The summed E-state index contributed by atoms with van der Waals surface area (Å²) in [6, 6.07) is 0. The third-order valence-electron chi connectivity index (χ3n) is 12.5. The van der Waals surface area contributed by atoms with Gasteiger partial charge in [0.15, 0.2) is 0 Å². The van der Waals surface area contributed by atoms with Crippen LogP contribution in [-0.4, -0.2) is 93.7 Å². The summed E-state index contributed by atoms with van der Waals surface area (Å²) in [5.74, 6) is -2.24. The molecule has 12 heteroatoms. The predicted octanol–water partition coefficient (Wildman–Crippen LogP) is 14.4. The fraction of sp³-hybridized carbons (Fsp3) is 0.909. The number of hydrogen-bond acceptors (Lipinski definition) is 12. The molecule has 12 nitrogen and oxygen atoms in total. The van der Waals surface area contributed by atoms with Crippen molar-refractivity contribution in [3.05, 3.63) is 0 Å². The molecule has 0 spiro atoms. The summed E-state index contributed by atoms with van der Waals surface area (Å²) in [5.41, 5.74) is 0. The number of esters is 4. The van der Waals surface area contributed by atoms with Gasteiger partial charge >= 0.3 is 30.0 Å². The van der Waals surface area contributed by atoms with E-state index in [1.807, 2.05) is 14.0 Å². The van der Waals surface area contributed by atoms with Crippen LogP contribution in [-0.2, 0) is 47.6 Å². The van der Waals surface area contributed by atoms with E-state index < -0.39 is 24.0 Å². The molecule has 0 saturated heterocycles. The second-order valence-electron chi connectivity index (χ2n) is 19.0. The second kappa shape index (κ2) is 48.1. The highest BCUT2D eigenvalue weighted by atomic mass is 16.7. The number of rotatable bonds is 49. The number of carbonyl (C=O) groups excluding carboxylic acids is 5. The van der Waals surface area contributed by atoms with Crippen molar-refractivity contribution in [2.45, 2.75) is 272 Å². The highest BCUT2D eigenvalue weighted by Crippen LogP contribution is 2.20. The van der Waals surface area contributed by atoms with Gasteiger partial charge in [0, 0.05) is 32.2 Å². The van der Waals surface area contributed by atoms with Crippen molar-refractivity contribution < 1.29 is 52.4 Å². The van der Waals surface area contributed by atoms with Crippen LogP contribution in [0, 0.1) is 5.92 Å². The molecular formula is C55H103NO11. The summed E-state index contributed by atoms with van der Waals surface area (Å²) >= 11 is 0. The molecule has 0 unspecified atom stereocenters. The zero-order chi connectivity index (χ0) is 49.4. The lowest BCUT2D eigenvalue weighted by molar-refractivity contribution is -0.151. The van der Waals surface area contributed by atoms with Gasteiger partial charge in [-0.05, 0) is 84.2 Å². The molecule has 0 aliphatic heterocycles. The molecule has 0 fully saturated rings. The molecule has 0 amide bonds. The first-order valence-corrected chi connectivity index (χ1v) is 27.8. The van der Waals surface area contributed by atoms with Crippen LogP contribution in [0.3, 0.4) is 0 Å². The van der Waals surface area contributed by atoms with Crippen LogP contribution in [0.4, 0.5) is 4.79 Å². The van der Waals surface area contributed by atoms with Gasteiger partial charge in [0.25, 0.3) is 0 Å². The van der Waals surface area contributed by atoms with Gasteiger partial charge in [0.05, 0.1) is 12.5 Å². The van der Waals surface area contributed by atoms with Crippen LogP contribution in [0.15, 0.2) is 0 Å². The summed E-state index contributed by atoms with van der Waals surface area (Å²) in [7, 11) is 1.99. The molecule has 0 atom stereocenters. The zero-order valence-corrected chi connectivity index (χ0v) is 44.2. The molecule has 0 aromatic rings. The fourth-order valence-electron chi connectivity index (χ4n) is 7.96. The minimum absolute atomic E-state index is 0.0190. The van der Waals surface area contributed by atoms with Gasteiger partial charge in [-0.3, -0.25) is 19.2 Å². The number of hydrogen-bond donors (Lipinski definition) is 0. The maximum Gasteiger partial charge on any atom is 0.508 e. The Morgan fingerprint density at radius 2 is 0.701 bits per heavy atom. The van der Waals surface area contributed by atoms with Crippen molar-refractivity contribution in [2.24, 2.45) is 5.92 Å². The Labute approximate surface area is 410 Å². The van der Waals surface area contributed by atoms with Gasteiger partial charge in [-0.1, -0.05) is 163 Å². The Morgan fingerprint density at radius 1 is 0.373 bits per heavy atom. The molecule has 0 aliphatic carbocycles. The smallest absolute Gasteiger partial charge is 0.465 e. The third kappa shape index (κ3) is 44.1. The van der Waals surface area contributed by atoms with Crippen molar-refractivity contribution in [1.82, 2.24) is 4.90 Å². The standard InChI is InChI=1S/C55H103NO11/c1-7-12-16-20-24-28-35-49(36-29-25-21-17-13-8-2)66-53(59)41-32-39-51(57)63-45-48(47-65-55(61)62-44-34-43-56(6)11-5)46-64-52(58)40-33-42-54(60)67-50(37-30-26-22-18-14-9-3)38-31-27-23-19-15-10-4/h48-50H,7-47H2,1-6H3. The van der Waals surface area contributed by atoms with Gasteiger partial charge in [-0.25, -0.2) is 4.79 Å². The SMILES string of the molecule is CCCCCCCCC(CCCCCCCC)OC(=O)CCCC(=O)OCC(COC(=O)CCCC(=O)OC(CCCCCCCC)CCCCCCCC)COC(=O)OCCCN(C)CC. The quantitative estimate of drug-likeness (QED) is 0.0325. The number of unbranched alkanes of at least 4 members (excludes halogenated alkanes) is 20. The first kappa shape index (κ1) is 64.1. The van der Waals surface area contributed by atoms with Gasteiger partial charge in [-0.15, -0.1) is 0 Å². The molecule has 0 rings (SSSR count). The highest BCUT2D eigenvalue weighted by Gasteiger charge is 2.21. The summed E-state index contributed by atoms with van der Waals surface area (Å²) in [6.45, 7) is 12.2. The monoisotopic (exact) mass is 954 g/mol. The van der Waals surface area contributed by atoms with Crippen LogP contribution in [0.25, 0.3) is 0 Å². The fourth-order valence-corrected chi connectivity index (χ4v) is 7.96. The minimum Gasteiger partial charge on any atom is -0.465 e. The van der Waals surface area contributed by atoms with Crippen LogP contribution in [0.1, 0.15) is 259 Å².